The number of benzene rings is 1. The Labute approximate surface area is 157 Å². The largest absolute Gasteiger partial charge is 0.361 e. The van der Waals surface area contributed by atoms with Gasteiger partial charge >= 0.3 is 0 Å². The third-order valence-corrected chi connectivity index (χ3v) is 5.23. The van der Waals surface area contributed by atoms with Gasteiger partial charge in [-0.3, -0.25) is 0 Å². The van der Waals surface area contributed by atoms with Crippen LogP contribution in [0.2, 0.25) is 0 Å². The summed E-state index contributed by atoms with van der Waals surface area (Å²) in [6.45, 7) is 6.77. The summed E-state index contributed by atoms with van der Waals surface area (Å²) in [6.07, 6.45) is 3.08. The minimum atomic E-state index is 0.774. The Morgan fingerprint density at radius 2 is 1.93 bits per heavy atom. The Kier molecular flexibility index (Phi) is 3.70. The summed E-state index contributed by atoms with van der Waals surface area (Å²) in [5.74, 6) is 1.81. The highest BCUT2D eigenvalue weighted by Gasteiger charge is 2.23. The van der Waals surface area contributed by atoms with E-state index in [0.717, 1.165) is 59.3 Å². The van der Waals surface area contributed by atoms with E-state index < -0.39 is 0 Å². The number of fused-ring (bicyclic) bond motifs is 1. The van der Waals surface area contributed by atoms with Crippen LogP contribution in [0.3, 0.4) is 0 Å². The van der Waals surface area contributed by atoms with Gasteiger partial charge in [0.15, 0.2) is 5.65 Å². The summed E-state index contributed by atoms with van der Waals surface area (Å²) in [5, 5.41) is 4.09. The quantitative estimate of drug-likeness (QED) is 0.552. The molecule has 0 amide bonds. The molecule has 1 aliphatic heterocycles. The lowest BCUT2D eigenvalue weighted by Crippen LogP contribution is -2.39. The van der Waals surface area contributed by atoms with E-state index in [4.69, 9.17) is 9.51 Å². The van der Waals surface area contributed by atoms with Crippen LogP contribution in [0.25, 0.3) is 22.3 Å². The first-order valence-electron chi connectivity index (χ1n) is 9.29. The second-order valence-corrected chi connectivity index (χ2v) is 7.09. The van der Waals surface area contributed by atoms with Gasteiger partial charge in [0, 0.05) is 30.4 Å². The molecule has 6 heteroatoms. The van der Waals surface area contributed by atoms with Crippen molar-refractivity contribution in [1.29, 1.82) is 0 Å². The van der Waals surface area contributed by atoms with Crippen LogP contribution in [0.15, 0.2) is 47.1 Å². The van der Waals surface area contributed by atoms with Crippen molar-refractivity contribution in [3.63, 3.8) is 0 Å². The fourth-order valence-electron chi connectivity index (χ4n) is 3.70. The fraction of sp³-hybridized carbons (Fsp3) is 0.286. The average molecular weight is 359 g/mol. The smallest absolute Gasteiger partial charge is 0.208 e. The van der Waals surface area contributed by atoms with Crippen molar-refractivity contribution in [1.82, 2.24) is 19.7 Å². The van der Waals surface area contributed by atoms with Crippen LogP contribution in [0.5, 0.6) is 0 Å². The summed E-state index contributed by atoms with van der Waals surface area (Å²) in [4.78, 5) is 11.8. The topological polar surface area (TPSA) is 60.0 Å². The lowest BCUT2D eigenvalue weighted by molar-refractivity contribution is 0.393. The monoisotopic (exact) mass is 359 g/mol. The molecule has 5 rings (SSSR count). The molecule has 4 heterocycles. The lowest BCUT2D eigenvalue weighted by Gasteiger charge is -2.32. The van der Waals surface area contributed by atoms with Gasteiger partial charge in [-0.15, -0.1) is 0 Å². The molecule has 0 N–H and O–H groups in total. The predicted octanol–water partition coefficient (Wildman–Crippen LogP) is 3.96. The van der Waals surface area contributed by atoms with Crippen molar-refractivity contribution in [2.75, 3.05) is 18.0 Å². The number of nitrogens with zero attached hydrogens (tertiary/aromatic N) is 5. The van der Waals surface area contributed by atoms with E-state index in [-0.39, 0.29) is 0 Å². The van der Waals surface area contributed by atoms with Gasteiger partial charge in [0.1, 0.15) is 5.76 Å². The molecule has 1 fully saturated rings. The van der Waals surface area contributed by atoms with Gasteiger partial charge in [-0.2, -0.15) is 4.98 Å². The molecule has 1 aromatic carbocycles. The second-order valence-electron chi connectivity index (χ2n) is 7.09. The fourth-order valence-corrected chi connectivity index (χ4v) is 3.70. The van der Waals surface area contributed by atoms with E-state index in [2.05, 4.69) is 49.9 Å². The summed E-state index contributed by atoms with van der Waals surface area (Å²) in [5.41, 5.74) is 5.99. The highest BCUT2D eigenvalue weighted by molar-refractivity contribution is 5.82. The van der Waals surface area contributed by atoms with Crippen LogP contribution in [-0.2, 0) is 6.54 Å². The van der Waals surface area contributed by atoms with Crippen LogP contribution in [-0.4, -0.2) is 32.8 Å². The van der Waals surface area contributed by atoms with Crippen molar-refractivity contribution < 1.29 is 4.52 Å². The molecule has 1 aliphatic rings. The van der Waals surface area contributed by atoms with Crippen molar-refractivity contribution in [2.45, 2.75) is 26.8 Å². The van der Waals surface area contributed by atoms with Gasteiger partial charge in [-0.1, -0.05) is 35.5 Å². The maximum atomic E-state index is 5.35. The lowest BCUT2D eigenvalue weighted by atomic mass is 10.1. The molecule has 0 unspecified atom stereocenters. The molecule has 1 saturated heterocycles. The van der Waals surface area contributed by atoms with Gasteiger partial charge in [0.25, 0.3) is 0 Å². The Balaban J connectivity index is 1.67. The van der Waals surface area contributed by atoms with Gasteiger partial charge in [0.2, 0.25) is 5.95 Å². The van der Waals surface area contributed by atoms with Crippen LogP contribution in [0.1, 0.15) is 23.4 Å². The number of anilines is 1. The number of aromatic nitrogens is 4. The molecule has 136 valence electrons. The Morgan fingerprint density at radius 3 is 2.59 bits per heavy atom. The van der Waals surface area contributed by atoms with Crippen LogP contribution < -0.4 is 4.90 Å². The Bertz CT molecular complexity index is 1090. The van der Waals surface area contributed by atoms with Crippen molar-refractivity contribution in [3.8, 4) is 11.1 Å². The Morgan fingerprint density at radius 1 is 1.11 bits per heavy atom. The maximum Gasteiger partial charge on any atom is 0.208 e. The van der Waals surface area contributed by atoms with E-state index in [1.807, 2.05) is 26.1 Å². The SMILES string of the molecule is Cc1noc(C)c1-c1cnc2nc(N3CCC3)n(Cc3ccccc3)c2c1. The first kappa shape index (κ1) is 16.1. The molecule has 6 nitrogen and oxygen atoms in total. The molecule has 0 atom stereocenters. The zero-order valence-corrected chi connectivity index (χ0v) is 15.5. The first-order chi connectivity index (χ1) is 13.2. The number of aryl methyl sites for hydroxylation is 2. The van der Waals surface area contributed by atoms with Crippen molar-refractivity contribution in [3.05, 3.63) is 59.6 Å². The number of imidazole rings is 1. The zero-order valence-electron chi connectivity index (χ0n) is 15.5. The molecule has 4 aromatic rings. The van der Waals surface area contributed by atoms with E-state index >= 15 is 0 Å². The van der Waals surface area contributed by atoms with Crippen LogP contribution >= 0.6 is 0 Å². The molecule has 0 saturated carbocycles. The third-order valence-electron chi connectivity index (χ3n) is 5.23. The molecule has 3 aromatic heterocycles. The molecular formula is C21H21N5O. The van der Waals surface area contributed by atoms with Crippen LogP contribution in [0, 0.1) is 13.8 Å². The highest BCUT2D eigenvalue weighted by atomic mass is 16.5. The summed E-state index contributed by atoms with van der Waals surface area (Å²) in [7, 11) is 0. The number of rotatable bonds is 4. The van der Waals surface area contributed by atoms with E-state index in [9.17, 15) is 0 Å². The molecule has 0 spiro atoms. The highest BCUT2D eigenvalue weighted by Crippen LogP contribution is 2.31. The molecule has 0 bridgehead atoms. The molecule has 0 radical (unpaired) electrons. The number of hydrogen-bond acceptors (Lipinski definition) is 5. The van der Waals surface area contributed by atoms with E-state index in [1.54, 1.807) is 0 Å². The summed E-state index contributed by atoms with van der Waals surface area (Å²) < 4.78 is 7.63. The summed E-state index contributed by atoms with van der Waals surface area (Å²) in [6, 6.07) is 12.7. The minimum Gasteiger partial charge on any atom is -0.361 e. The van der Waals surface area contributed by atoms with Gasteiger partial charge in [-0.05, 0) is 31.9 Å². The zero-order chi connectivity index (χ0) is 18.4. The molecule has 27 heavy (non-hydrogen) atoms. The van der Waals surface area contributed by atoms with Crippen molar-refractivity contribution in [2.24, 2.45) is 0 Å². The van der Waals surface area contributed by atoms with Crippen LogP contribution in [0.4, 0.5) is 5.95 Å². The van der Waals surface area contributed by atoms with Crippen molar-refractivity contribution >= 4 is 17.1 Å². The third kappa shape index (κ3) is 2.68. The number of pyridine rings is 1. The second kappa shape index (κ2) is 6.23. The first-order valence-corrected chi connectivity index (χ1v) is 9.29. The molecular weight excluding hydrogens is 338 g/mol. The summed E-state index contributed by atoms with van der Waals surface area (Å²) >= 11 is 0. The minimum absolute atomic E-state index is 0.774. The average Bonchev–Trinajstić information content (AvgIpc) is 3.14. The standard InChI is InChI=1S/C21H21N5O/c1-14-19(15(2)27-24-14)17-11-18-20(22-12-17)23-21(25-9-6-10-25)26(18)13-16-7-4-3-5-8-16/h3-5,7-8,11-12H,6,9-10,13H2,1-2H3. The predicted molar refractivity (Wildman–Crippen MR) is 105 cm³/mol. The van der Waals surface area contributed by atoms with E-state index in [1.165, 1.54) is 12.0 Å². The number of hydrogen-bond donors (Lipinski definition) is 0. The maximum absolute atomic E-state index is 5.35. The van der Waals surface area contributed by atoms with Gasteiger partial charge in [-0.25, -0.2) is 4.98 Å². The Hall–Kier alpha value is -3.15. The van der Waals surface area contributed by atoms with Gasteiger partial charge < -0.3 is 14.0 Å². The van der Waals surface area contributed by atoms with Gasteiger partial charge in [0.05, 0.1) is 17.8 Å². The van der Waals surface area contributed by atoms with E-state index in [0.29, 0.717) is 0 Å². The molecule has 0 aliphatic carbocycles. The normalized spacial score (nSPS) is 13.9.